The van der Waals surface area contributed by atoms with Gasteiger partial charge in [-0.05, 0) is 56.4 Å². The van der Waals surface area contributed by atoms with Gasteiger partial charge in [-0.1, -0.05) is 18.2 Å². The van der Waals surface area contributed by atoms with Gasteiger partial charge in [-0.15, -0.1) is 0 Å². The minimum absolute atomic E-state index is 0.0409. The number of nitrogens with two attached hydrogens (primary N) is 1. The summed E-state index contributed by atoms with van der Waals surface area (Å²) in [5.41, 5.74) is 7.65. The molecule has 2 heteroatoms. The molecule has 2 fully saturated rings. The molecule has 0 radical (unpaired) electrons. The van der Waals surface area contributed by atoms with Gasteiger partial charge in [0.05, 0.1) is 0 Å². The number of hydrogen-bond donors (Lipinski definition) is 1. The summed E-state index contributed by atoms with van der Waals surface area (Å²) in [6.07, 6.45) is 9.06. The van der Waals surface area contributed by atoms with Gasteiger partial charge in [0, 0.05) is 18.0 Å². The molecular weight excluding hydrogens is 234 g/mol. The van der Waals surface area contributed by atoms with E-state index in [1.807, 2.05) is 0 Å². The molecule has 0 saturated heterocycles. The van der Waals surface area contributed by atoms with Crippen molar-refractivity contribution in [2.24, 2.45) is 17.6 Å². The summed E-state index contributed by atoms with van der Waals surface area (Å²) in [5.74, 6) is 2.93. The minimum Gasteiger partial charge on any atom is -0.487 e. The topological polar surface area (TPSA) is 35.2 Å². The Bertz CT molecular complexity index is 482. The van der Waals surface area contributed by atoms with Crippen LogP contribution in [0.3, 0.4) is 0 Å². The molecule has 102 valence electrons. The van der Waals surface area contributed by atoms with Gasteiger partial charge in [0.2, 0.25) is 0 Å². The first-order valence-electron chi connectivity index (χ1n) is 7.79. The first kappa shape index (κ1) is 11.8. The molecule has 0 bridgehead atoms. The van der Waals surface area contributed by atoms with Crippen LogP contribution in [0.5, 0.6) is 5.75 Å². The Morgan fingerprint density at radius 3 is 2.74 bits per heavy atom. The van der Waals surface area contributed by atoms with E-state index in [-0.39, 0.29) is 11.6 Å². The van der Waals surface area contributed by atoms with Crippen LogP contribution in [0, 0.1) is 11.8 Å². The van der Waals surface area contributed by atoms with Gasteiger partial charge >= 0.3 is 0 Å². The van der Waals surface area contributed by atoms with Crippen molar-refractivity contribution < 1.29 is 4.74 Å². The van der Waals surface area contributed by atoms with Crippen molar-refractivity contribution in [1.29, 1.82) is 0 Å². The van der Waals surface area contributed by atoms with Crippen molar-refractivity contribution >= 4 is 0 Å². The van der Waals surface area contributed by atoms with E-state index in [9.17, 15) is 0 Å². The maximum Gasteiger partial charge on any atom is 0.124 e. The number of hydrogen-bond acceptors (Lipinski definition) is 2. The van der Waals surface area contributed by atoms with E-state index < -0.39 is 0 Å². The molecule has 2 saturated carbocycles. The van der Waals surface area contributed by atoms with Gasteiger partial charge in [0.1, 0.15) is 11.4 Å². The van der Waals surface area contributed by atoms with Crippen LogP contribution in [-0.2, 0) is 0 Å². The second-order valence-corrected chi connectivity index (χ2v) is 6.83. The van der Waals surface area contributed by atoms with Crippen LogP contribution >= 0.6 is 0 Å². The maximum absolute atomic E-state index is 6.46. The van der Waals surface area contributed by atoms with Crippen molar-refractivity contribution in [2.45, 2.75) is 56.6 Å². The third kappa shape index (κ3) is 2.06. The molecule has 3 atom stereocenters. The molecule has 3 aliphatic rings. The Hall–Kier alpha value is -1.02. The Balaban J connectivity index is 1.62. The monoisotopic (exact) mass is 257 g/mol. The minimum atomic E-state index is 0.0409. The lowest BCUT2D eigenvalue weighted by atomic mass is 9.71. The molecule has 19 heavy (non-hydrogen) atoms. The highest BCUT2D eigenvalue weighted by atomic mass is 16.5. The van der Waals surface area contributed by atoms with Crippen LogP contribution in [0.25, 0.3) is 0 Å². The first-order valence-corrected chi connectivity index (χ1v) is 7.79. The summed E-state index contributed by atoms with van der Waals surface area (Å²) < 4.78 is 6.46. The summed E-state index contributed by atoms with van der Waals surface area (Å²) in [7, 11) is 0. The summed E-state index contributed by atoms with van der Waals surface area (Å²) in [4.78, 5) is 0. The van der Waals surface area contributed by atoms with Gasteiger partial charge in [-0.25, -0.2) is 0 Å². The van der Waals surface area contributed by atoms with Crippen LogP contribution in [0.15, 0.2) is 24.3 Å². The molecule has 2 N–H and O–H groups in total. The Labute approximate surface area is 115 Å². The normalized spacial score (nSPS) is 37.7. The molecule has 4 rings (SSSR count). The van der Waals surface area contributed by atoms with Gasteiger partial charge in [0.15, 0.2) is 0 Å². The van der Waals surface area contributed by atoms with Gasteiger partial charge in [0.25, 0.3) is 0 Å². The predicted octanol–water partition coefficient (Wildman–Crippen LogP) is 3.81. The Morgan fingerprint density at radius 1 is 1.05 bits per heavy atom. The first-order chi connectivity index (χ1) is 9.26. The fourth-order valence-corrected chi connectivity index (χ4v) is 4.28. The number of para-hydroxylation sites is 1. The average molecular weight is 257 g/mol. The Kier molecular flexibility index (Phi) is 2.63. The zero-order valence-electron chi connectivity index (χ0n) is 11.5. The zero-order valence-corrected chi connectivity index (χ0v) is 11.5. The van der Waals surface area contributed by atoms with Crippen molar-refractivity contribution in [1.82, 2.24) is 0 Å². The quantitative estimate of drug-likeness (QED) is 0.830. The third-order valence-electron chi connectivity index (χ3n) is 5.37. The third-order valence-corrected chi connectivity index (χ3v) is 5.37. The lowest BCUT2D eigenvalue weighted by Crippen LogP contribution is -2.46. The zero-order chi connectivity index (χ0) is 12.9. The maximum atomic E-state index is 6.46. The fraction of sp³-hybridized carbons (Fsp3) is 0.647. The van der Waals surface area contributed by atoms with Crippen LogP contribution in [-0.4, -0.2) is 5.60 Å². The van der Waals surface area contributed by atoms with Crippen LogP contribution < -0.4 is 10.5 Å². The standard InChI is InChI=1S/C17H23NO/c18-15-11-17(19-16-6-2-1-5-14(15)16)9-3-4-13(10-17)12-7-8-12/h1-2,5-6,12-13,15H,3-4,7-11,18H2. The summed E-state index contributed by atoms with van der Waals surface area (Å²) in [6, 6.07) is 8.49. The van der Waals surface area contributed by atoms with Gasteiger partial charge in [-0.3, -0.25) is 0 Å². The van der Waals surface area contributed by atoms with E-state index in [4.69, 9.17) is 10.5 Å². The van der Waals surface area contributed by atoms with Crippen LogP contribution in [0.4, 0.5) is 0 Å². The van der Waals surface area contributed by atoms with Gasteiger partial charge in [-0.2, -0.15) is 0 Å². The number of rotatable bonds is 1. The lowest BCUT2D eigenvalue weighted by molar-refractivity contribution is -0.0207. The molecule has 1 aromatic rings. The van der Waals surface area contributed by atoms with Crippen molar-refractivity contribution in [3.63, 3.8) is 0 Å². The second kappa shape index (κ2) is 4.24. The van der Waals surface area contributed by atoms with E-state index in [2.05, 4.69) is 24.3 Å². The highest BCUT2D eigenvalue weighted by molar-refractivity contribution is 5.38. The largest absolute Gasteiger partial charge is 0.487 e. The number of benzene rings is 1. The molecule has 1 aromatic carbocycles. The smallest absolute Gasteiger partial charge is 0.124 e. The number of ether oxygens (including phenoxy) is 1. The van der Waals surface area contributed by atoms with E-state index >= 15 is 0 Å². The molecule has 1 aliphatic heterocycles. The summed E-state index contributed by atoms with van der Waals surface area (Å²) in [6.45, 7) is 0. The second-order valence-electron chi connectivity index (χ2n) is 6.83. The van der Waals surface area contributed by atoms with Crippen molar-refractivity contribution in [3.05, 3.63) is 29.8 Å². The highest BCUT2D eigenvalue weighted by Crippen LogP contribution is 2.51. The van der Waals surface area contributed by atoms with Gasteiger partial charge < -0.3 is 10.5 Å². The van der Waals surface area contributed by atoms with E-state index in [0.29, 0.717) is 0 Å². The highest BCUT2D eigenvalue weighted by Gasteiger charge is 2.46. The van der Waals surface area contributed by atoms with E-state index in [0.717, 1.165) is 24.0 Å². The molecular formula is C17H23NO. The lowest BCUT2D eigenvalue weighted by Gasteiger charge is -2.46. The molecule has 1 heterocycles. The molecule has 1 spiro atoms. The summed E-state index contributed by atoms with van der Waals surface area (Å²) in [5, 5.41) is 0. The number of fused-ring (bicyclic) bond motifs is 1. The Morgan fingerprint density at radius 2 is 1.89 bits per heavy atom. The van der Waals surface area contributed by atoms with Crippen molar-refractivity contribution in [2.75, 3.05) is 0 Å². The van der Waals surface area contributed by atoms with Crippen molar-refractivity contribution in [3.8, 4) is 5.75 Å². The van der Waals surface area contributed by atoms with Crippen LogP contribution in [0.2, 0.25) is 0 Å². The van der Waals surface area contributed by atoms with Crippen LogP contribution in [0.1, 0.15) is 56.6 Å². The molecule has 0 amide bonds. The van der Waals surface area contributed by atoms with E-state index in [1.165, 1.54) is 44.1 Å². The molecule has 3 unspecified atom stereocenters. The predicted molar refractivity (Wildman–Crippen MR) is 76.0 cm³/mol. The molecule has 2 aliphatic carbocycles. The molecule has 2 nitrogen and oxygen atoms in total. The molecule has 0 aromatic heterocycles. The summed E-state index contributed by atoms with van der Waals surface area (Å²) >= 11 is 0. The van der Waals surface area contributed by atoms with E-state index in [1.54, 1.807) is 0 Å². The fourth-order valence-electron chi connectivity index (χ4n) is 4.28. The average Bonchev–Trinajstić information content (AvgIpc) is 3.23. The SMILES string of the molecule is NC1CC2(CCCC(C3CC3)C2)Oc2ccccc21.